The summed E-state index contributed by atoms with van der Waals surface area (Å²) in [6, 6.07) is 5.23. The minimum absolute atomic E-state index is 0.220. The molecule has 1 aromatic carbocycles. The van der Waals surface area contributed by atoms with Gasteiger partial charge in [0.15, 0.2) is 5.82 Å². The average molecular weight is 287 g/mol. The van der Waals surface area contributed by atoms with Crippen LogP contribution in [0.3, 0.4) is 0 Å². The van der Waals surface area contributed by atoms with Crippen LogP contribution in [-0.4, -0.2) is 20.2 Å². The maximum absolute atomic E-state index is 9.71. The number of phenolic OH excluding ortho intramolecular Hbond substituents is 1. The standard InChI is InChI=1S/C14H13N3O2S/c1-8-11(4-3-5-12(8)18)14-16-13(17-19-14)6-10-7-20-9(2)15-10/h3-5,7,18H,6H2,1-2H3. The molecule has 3 aromatic rings. The van der Waals surface area contributed by atoms with Gasteiger partial charge in [0.1, 0.15) is 5.75 Å². The molecule has 2 aromatic heterocycles. The van der Waals surface area contributed by atoms with Crippen LogP contribution < -0.4 is 0 Å². The van der Waals surface area contributed by atoms with Crippen LogP contribution in [0.25, 0.3) is 11.5 Å². The Kier molecular flexibility index (Phi) is 3.23. The first-order valence-electron chi connectivity index (χ1n) is 6.16. The van der Waals surface area contributed by atoms with Gasteiger partial charge in [-0.2, -0.15) is 4.98 Å². The number of aromatic nitrogens is 3. The van der Waals surface area contributed by atoms with Crippen molar-refractivity contribution in [2.24, 2.45) is 0 Å². The smallest absolute Gasteiger partial charge is 0.258 e. The zero-order chi connectivity index (χ0) is 14.1. The Morgan fingerprint density at radius 1 is 1.25 bits per heavy atom. The summed E-state index contributed by atoms with van der Waals surface area (Å²) in [6.07, 6.45) is 0.547. The van der Waals surface area contributed by atoms with Gasteiger partial charge in [-0.25, -0.2) is 4.98 Å². The van der Waals surface area contributed by atoms with Crippen LogP contribution in [0.5, 0.6) is 5.75 Å². The molecule has 0 aliphatic heterocycles. The van der Waals surface area contributed by atoms with Crippen molar-refractivity contribution in [1.82, 2.24) is 15.1 Å². The molecule has 3 rings (SSSR count). The van der Waals surface area contributed by atoms with Gasteiger partial charge in [-0.1, -0.05) is 11.2 Å². The van der Waals surface area contributed by atoms with E-state index < -0.39 is 0 Å². The molecule has 0 fully saturated rings. The van der Waals surface area contributed by atoms with E-state index in [0.29, 0.717) is 18.1 Å². The molecule has 0 saturated carbocycles. The Hall–Kier alpha value is -2.21. The van der Waals surface area contributed by atoms with E-state index in [9.17, 15) is 5.11 Å². The van der Waals surface area contributed by atoms with Crippen molar-refractivity contribution in [3.63, 3.8) is 0 Å². The zero-order valence-corrected chi connectivity index (χ0v) is 11.9. The van der Waals surface area contributed by atoms with Gasteiger partial charge in [-0.05, 0) is 26.0 Å². The van der Waals surface area contributed by atoms with Crippen molar-refractivity contribution >= 4 is 11.3 Å². The van der Waals surface area contributed by atoms with Crippen molar-refractivity contribution in [1.29, 1.82) is 0 Å². The molecule has 6 heteroatoms. The molecule has 0 spiro atoms. The Bertz CT molecular complexity index is 748. The van der Waals surface area contributed by atoms with Gasteiger partial charge in [0.05, 0.1) is 17.1 Å². The maximum atomic E-state index is 9.71. The molecule has 20 heavy (non-hydrogen) atoms. The normalized spacial score (nSPS) is 10.9. The molecule has 0 saturated heterocycles. The Balaban J connectivity index is 1.88. The predicted molar refractivity (Wildman–Crippen MR) is 75.8 cm³/mol. The topological polar surface area (TPSA) is 72.0 Å². The number of benzene rings is 1. The van der Waals surface area contributed by atoms with Crippen LogP contribution in [0.2, 0.25) is 0 Å². The fourth-order valence-corrected chi connectivity index (χ4v) is 2.55. The van der Waals surface area contributed by atoms with Crippen LogP contribution in [0.15, 0.2) is 28.1 Å². The SMILES string of the molecule is Cc1nc(Cc2noc(-c3cccc(O)c3C)n2)cs1. The first-order valence-corrected chi connectivity index (χ1v) is 7.04. The third kappa shape index (κ3) is 2.42. The summed E-state index contributed by atoms with van der Waals surface area (Å²) >= 11 is 1.60. The Labute approximate surface area is 119 Å². The number of hydrogen-bond donors (Lipinski definition) is 1. The fraction of sp³-hybridized carbons (Fsp3) is 0.214. The second-order valence-corrected chi connectivity index (χ2v) is 5.56. The number of nitrogens with zero attached hydrogens (tertiary/aromatic N) is 3. The molecule has 2 heterocycles. The van der Waals surface area contributed by atoms with Crippen molar-refractivity contribution in [3.8, 4) is 17.2 Å². The number of aromatic hydroxyl groups is 1. The molecule has 0 bridgehead atoms. The molecular formula is C14H13N3O2S. The van der Waals surface area contributed by atoms with Crippen LogP contribution in [0.1, 0.15) is 22.1 Å². The molecule has 5 nitrogen and oxygen atoms in total. The summed E-state index contributed by atoms with van der Waals surface area (Å²) in [7, 11) is 0. The van der Waals surface area contributed by atoms with Gasteiger partial charge in [0.2, 0.25) is 0 Å². The van der Waals surface area contributed by atoms with Gasteiger partial charge in [-0.3, -0.25) is 0 Å². The minimum atomic E-state index is 0.220. The second-order valence-electron chi connectivity index (χ2n) is 4.50. The highest BCUT2D eigenvalue weighted by Crippen LogP contribution is 2.28. The summed E-state index contributed by atoms with van der Waals surface area (Å²) in [5.41, 5.74) is 2.41. The van der Waals surface area contributed by atoms with Crippen LogP contribution in [-0.2, 0) is 6.42 Å². The van der Waals surface area contributed by atoms with Gasteiger partial charge in [-0.15, -0.1) is 11.3 Å². The second kappa shape index (κ2) is 5.05. The van der Waals surface area contributed by atoms with E-state index in [1.54, 1.807) is 23.5 Å². The lowest BCUT2D eigenvalue weighted by atomic mass is 10.1. The Morgan fingerprint density at radius 3 is 2.85 bits per heavy atom. The maximum Gasteiger partial charge on any atom is 0.258 e. The quantitative estimate of drug-likeness (QED) is 0.801. The summed E-state index contributed by atoms with van der Waals surface area (Å²) < 4.78 is 5.27. The van der Waals surface area contributed by atoms with Gasteiger partial charge >= 0.3 is 0 Å². The Morgan fingerprint density at radius 2 is 2.10 bits per heavy atom. The zero-order valence-electron chi connectivity index (χ0n) is 11.1. The van der Waals surface area contributed by atoms with Gasteiger partial charge < -0.3 is 9.63 Å². The molecular weight excluding hydrogens is 274 g/mol. The molecule has 1 N–H and O–H groups in total. The van der Waals surface area contributed by atoms with E-state index in [2.05, 4.69) is 15.1 Å². The molecule has 0 amide bonds. The number of rotatable bonds is 3. The van der Waals surface area contributed by atoms with Crippen molar-refractivity contribution in [3.05, 3.63) is 45.7 Å². The summed E-state index contributed by atoms with van der Waals surface area (Å²) in [4.78, 5) is 8.74. The van der Waals surface area contributed by atoms with Crippen molar-refractivity contribution < 1.29 is 9.63 Å². The summed E-state index contributed by atoms with van der Waals surface area (Å²) in [5.74, 6) is 1.23. The lowest BCUT2D eigenvalue weighted by Gasteiger charge is -2.01. The molecule has 0 unspecified atom stereocenters. The number of thiazole rings is 1. The highest BCUT2D eigenvalue weighted by atomic mass is 32.1. The van der Waals surface area contributed by atoms with Gasteiger partial charge in [0.25, 0.3) is 5.89 Å². The average Bonchev–Trinajstić information content (AvgIpc) is 3.03. The first kappa shape index (κ1) is 12.8. The molecule has 0 radical (unpaired) electrons. The van der Waals surface area contributed by atoms with E-state index in [-0.39, 0.29) is 5.75 Å². The molecule has 0 atom stereocenters. The molecule has 102 valence electrons. The summed E-state index contributed by atoms with van der Waals surface area (Å²) in [6.45, 7) is 3.78. The number of aryl methyl sites for hydroxylation is 1. The molecule has 0 aliphatic carbocycles. The van der Waals surface area contributed by atoms with E-state index in [1.165, 1.54) is 0 Å². The first-order chi connectivity index (χ1) is 9.63. The van der Waals surface area contributed by atoms with Crippen LogP contribution >= 0.6 is 11.3 Å². The van der Waals surface area contributed by atoms with Crippen LogP contribution in [0.4, 0.5) is 0 Å². The lowest BCUT2D eigenvalue weighted by molar-refractivity contribution is 0.422. The third-order valence-electron chi connectivity index (χ3n) is 3.01. The monoisotopic (exact) mass is 287 g/mol. The van der Waals surface area contributed by atoms with Crippen LogP contribution in [0, 0.1) is 13.8 Å². The summed E-state index contributed by atoms with van der Waals surface area (Å²) in [5, 5.41) is 16.7. The fourth-order valence-electron chi connectivity index (χ4n) is 1.94. The van der Waals surface area contributed by atoms with Crippen molar-refractivity contribution in [2.75, 3.05) is 0 Å². The highest BCUT2D eigenvalue weighted by molar-refractivity contribution is 7.09. The number of hydrogen-bond acceptors (Lipinski definition) is 6. The highest BCUT2D eigenvalue weighted by Gasteiger charge is 2.14. The van der Waals surface area contributed by atoms with Crippen molar-refractivity contribution in [2.45, 2.75) is 20.3 Å². The third-order valence-corrected chi connectivity index (χ3v) is 3.83. The van der Waals surface area contributed by atoms with E-state index in [4.69, 9.17) is 4.52 Å². The van der Waals surface area contributed by atoms with E-state index in [1.807, 2.05) is 25.3 Å². The minimum Gasteiger partial charge on any atom is -0.508 e. The van der Waals surface area contributed by atoms with E-state index >= 15 is 0 Å². The van der Waals surface area contributed by atoms with Gasteiger partial charge in [0, 0.05) is 16.5 Å². The predicted octanol–water partition coefficient (Wildman–Crippen LogP) is 3.11. The van der Waals surface area contributed by atoms with E-state index in [0.717, 1.165) is 21.8 Å². The molecule has 0 aliphatic rings. The largest absolute Gasteiger partial charge is 0.508 e. The number of phenols is 1. The lowest BCUT2D eigenvalue weighted by Crippen LogP contribution is -1.91.